The van der Waals surface area contributed by atoms with E-state index in [9.17, 15) is 0 Å². The minimum absolute atomic E-state index is 1.19. The number of hydrogen-bond acceptors (Lipinski definition) is 1. The molecule has 1 aromatic carbocycles. The molecule has 1 nitrogen and oxygen atoms in total. The van der Waals surface area contributed by atoms with Crippen LogP contribution in [0, 0.1) is 0 Å². The first-order valence-electron chi connectivity index (χ1n) is 6.63. The SMILES string of the molecule is CCCCN(CCC)CCc1ccccc1. The van der Waals surface area contributed by atoms with Crippen LogP contribution in [0.15, 0.2) is 30.3 Å². The molecule has 0 saturated carbocycles. The van der Waals surface area contributed by atoms with Gasteiger partial charge < -0.3 is 4.90 Å². The van der Waals surface area contributed by atoms with Crippen molar-refractivity contribution < 1.29 is 0 Å². The normalized spacial score (nSPS) is 10.9. The lowest BCUT2D eigenvalue weighted by Crippen LogP contribution is -2.28. The third-order valence-electron chi connectivity index (χ3n) is 2.93. The number of hydrogen-bond donors (Lipinski definition) is 0. The van der Waals surface area contributed by atoms with Crippen LogP contribution < -0.4 is 0 Å². The second-order valence-electron chi connectivity index (χ2n) is 4.43. The van der Waals surface area contributed by atoms with E-state index >= 15 is 0 Å². The molecule has 1 aromatic rings. The molecule has 1 rings (SSSR count). The van der Waals surface area contributed by atoms with Gasteiger partial charge in [0, 0.05) is 6.54 Å². The van der Waals surface area contributed by atoms with Crippen LogP contribution in [0.25, 0.3) is 0 Å². The van der Waals surface area contributed by atoms with E-state index in [4.69, 9.17) is 0 Å². The zero-order valence-electron chi connectivity index (χ0n) is 10.8. The van der Waals surface area contributed by atoms with Crippen molar-refractivity contribution in [3.63, 3.8) is 0 Å². The largest absolute Gasteiger partial charge is 0.303 e. The minimum atomic E-state index is 1.19. The summed E-state index contributed by atoms with van der Waals surface area (Å²) in [5, 5.41) is 0. The summed E-state index contributed by atoms with van der Waals surface area (Å²) in [6.45, 7) is 8.24. The van der Waals surface area contributed by atoms with Gasteiger partial charge in [0.25, 0.3) is 0 Å². The van der Waals surface area contributed by atoms with Gasteiger partial charge in [-0.3, -0.25) is 0 Å². The van der Waals surface area contributed by atoms with E-state index in [1.807, 2.05) is 0 Å². The summed E-state index contributed by atoms with van der Waals surface area (Å²) in [5.74, 6) is 0. The van der Waals surface area contributed by atoms with E-state index in [0.717, 1.165) is 0 Å². The molecule has 0 saturated heterocycles. The van der Waals surface area contributed by atoms with Gasteiger partial charge in [0.05, 0.1) is 0 Å². The minimum Gasteiger partial charge on any atom is -0.303 e. The second-order valence-corrected chi connectivity index (χ2v) is 4.43. The number of rotatable bonds is 8. The Balaban J connectivity index is 2.31. The Kier molecular flexibility index (Phi) is 6.91. The second kappa shape index (κ2) is 8.35. The summed E-state index contributed by atoms with van der Waals surface area (Å²) < 4.78 is 0. The highest BCUT2D eigenvalue weighted by atomic mass is 15.1. The molecule has 0 heterocycles. The summed E-state index contributed by atoms with van der Waals surface area (Å²) in [4.78, 5) is 2.59. The maximum atomic E-state index is 2.59. The molecule has 0 aliphatic carbocycles. The van der Waals surface area contributed by atoms with Crippen LogP contribution in [0.2, 0.25) is 0 Å². The smallest absolute Gasteiger partial charge is 0.00218 e. The molecule has 1 heteroatoms. The number of nitrogens with zero attached hydrogens (tertiary/aromatic N) is 1. The molecule has 16 heavy (non-hydrogen) atoms. The van der Waals surface area contributed by atoms with Crippen molar-refractivity contribution in [3.8, 4) is 0 Å². The molecule has 0 radical (unpaired) electrons. The van der Waals surface area contributed by atoms with E-state index in [1.54, 1.807) is 0 Å². The van der Waals surface area contributed by atoms with Crippen LogP contribution in [0.4, 0.5) is 0 Å². The van der Waals surface area contributed by atoms with Gasteiger partial charge in [-0.1, -0.05) is 50.6 Å². The molecule has 0 N–H and O–H groups in total. The average Bonchev–Trinajstić information content (AvgIpc) is 2.34. The van der Waals surface area contributed by atoms with E-state index in [-0.39, 0.29) is 0 Å². The monoisotopic (exact) mass is 219 g/mol. The lowest BCUT2D eigenvalue weighted by atomic mass is 10.1. The first-order chi connectivity index (χ1) is 7.86. The quantitative estimate of drug-likeness (QED) is 0.644. The summed E-state index contributed by atoms with van der Waals surface area (Å²) in [6, 6.07) is 10.8. The van der Waals surface area contributed by atoms with E-state index in [2.05, 4.69) is 49.1 Å². The molecule has 90 valence electrons. The van der Waals surface area contributed by atoms with Gasteiger partial charge in [0.15, 0.2) is 0 Å². The molecule has 0 bridgehead atoms. The Morgan fingerprint density at radius 3 is 2.25 bits per heavy atom. The number of unbranched alkanes of at least 4 members (excludes halogenated alkanes) is 1. The molecule has 0 spiro atoms. The standard InChI is InChI=1S/C15H25N/c1-3-5-13-16(12-4-2)14-11-15-9-7-6-8-10-15/h6-10H,3-5,11-14H2,1-2H3. The van der Waals surface area contributed by atoms with Crippen LogP contribution in [-0.2, 0) is 6.42 Å². The first-order valence-corrected chi connectivity index (χ1v) is 6.63. The third kappa shape index (κ3) is 5.32. The topological polar surface area (TPSA) is 3.24 Å². The van der Waals surface area contributed by atoms with Crippen LogP contribution in [0.3, 0.4) is 0 Å². The summed E-state index contributed by atoms with van der Waals surface area (Å²) >= 11 is 0. The van der Waals surface area contributed by atoms with Gasteiger partial charge in [-0.15, -0.1) is 0 Å². The van der Waals surface area contributed by atoms with E-state index in [1.165, 1.54) is 50.9 Å². The molecular weight excluding hydrogens is 194 g/mol. The van der Waals surface area contributed by atoms with Gasteiger partial charge in [-0.25, -0.2) is 0 Å². The van der Waals surface area contributed by atoms with Crippen LogP contribution in [0.5, 0.6) is 0 Å². The Hall–Kier alpha value is -0.820. The summed E-state index contributed by atoms with van der Waals surface area (Å²) in [6.07, 6.45) is 5.07. The fraction of sp³-hybridized carbons (Fsp3) is 0.600. The Morgan fingerprint density at radius 2 is 1.62 bits per heavy atom. The van der Waals surface area contributed by atoms with Crippen molar-refractivity contribution in [1.29, 1.82) is 0 Å². The van der Waals surface area contributed by atoms with Crippen molar-refractivity contribution >= 4 is 0 Å². The highest BCUT2D eigenvalue weighted by Crippen LogP contribution is 2.03. The lowest BCUT2D eigenvalue weighted by molar-refractivity contribution is 0.273. The predicted octanol–water partition coefficient (Wildman–Crippen LogP) is 3.74. The Labute approximate surface area is 100 Å². The molecule has 0 atom stereocenters. The van der Waals surface area contributed by atoms with Crippen molar-refractivity contribution in [1.82, 2.24) is 4.90 Å². The van der Waals surface area contributed by atoms with E-state index < -0.39 is 0 Å². The average molecular weight is 219 g/mol. The Bertz CT molecular complexity index is 255. The van der Waals surface area contributed by atoms with Crippen molar-refractivity contribution in [3.05, 3.63) is 35.9 Å². The highest BCUT2D eigenvalue weighted by Gasteiger charge is 2.02. The molecule has 0 aliphatic rings. The van der Waals surface area contributed by atoms with Gasteiger partial charge >= 0.3 is 0 Å². The first kappa shape index (κ1) is 13.2. The van der Waals surface area contributed by atoms with Gasteiger partial charge in [-0.2, -0.15) is 0 Å². The third-order valence-corrected chi connectivity index (χ3v) is 2.93. The van der Waals surface area contributed by atoms with Crippen molar-refractivity contribution in [2.24, 2.45) is 0 Å². The maximum Gasteiger partial charge on any atom is 0.00218 e. The lowest BCUT2D eigenvalue weighted by Gasteiger charge is -2.21. The maximum absolute atomic E-state index is 2.59. The predicted molar refractivity (Wildman–Crippen MR) is 71.8 cm³/mol. The number of benzene rings is 1. The molecule has 0 amide bonds. The van der Waals surface area contributed by atoms with Gasteiger partial charge in [0.1, 0.15) is 0 Å². The fourth-order valence-corrected chi connectivity index (χ4v) is 1.97. The zero-order chi connectivity index (χ0) is 11.6. The molecule has 0 aliphatic heterocycles. The zero-order valence-corrected chi connectivity index (χ0v) is 10.8. The summed E-state index contributed by atoms with van der Waals surface area (Å²) in [5.41, 5.74) is 1.46. The summed E-state index contributed by atoms with van der Waals surface area (Å²) in [7, 11) is 0. The van der Waals surface area contributed by atoms with Crippen molar-refractivity contribution in [2.75, 3.05) is 19.6 Å². The van der Waals surface area contributed by atoms with Gasteiger partial charge in [-0.05, 0) is 37.9 Å². The van der Waals surface area contributed by atoms with Crippen LogP contribution in [-0.4, -0.2) is 24.5 Å². The molecule has 0 aromatic heterocycles. The molecule has 0 unspecified atom stereocenters. The molecule has 0 fully saturated rings. The van der Waals surface area contributed by atoms with Gasteiger partial charge in [0.2, 0.25) is 0 Å². The van der Waals surface area contributed by atoms with Crippen molar-refractivity contribution in [2.45, 2.75) is 39.5 Å². The van der Waals surface area contributed by atoms with E-state index in [0.29, 0.717) is 0 Å². The van der Waals surface area contributed by atoms with Crippen LogP contribution in [0.1, 0.15) is 38.7 Å². The fourth-order valence-electron chi connectivity index (χ4n) is 1.97. The molecular formula is C15H25N. The Morgan fingerprint density at radius 1 is 0.875 bits per heavy atom. The highest BCUT2D eigenvalue weighted by molar-refractivity contribution is 5.14. The van der Waals surface area contributed by atoms with Crippen LogP contribution >= 0.6 is 0 Å².